The lowest BCUT2D eigenvalue weighted by atomic mass is 9.65. The van der Waals surface area contributed by atoms with Crippen molar-refractivity contribution in [1.82, 2.24) is 9.47 Å². The molecule has 0 spiro atoms. The van der Waals surface area contributed by atoms with Gasteiger partial charge in [-0.2, -0.15) is 0 Å². The lowest BCUT2D eigenvalue weighted by Gasteiger charge is -2.53. The fourth-order valence-electron chi connectivity index (χ4n) is 6.09. The quantitative estimate of drug-likeness (QED) is 0.892. The van der Waals surface area contributed by atoms with Gasteiger partial charge in [-0.25, -0.2) is 0 Å². The van der Waals surface area contributed by atoms with Gasteiger partial charge in [-0.15, -0.1) is 0 Å². The summed E-state index contributed by atoms with van der Waals surface area (Å²) in [5, 5.41) is 22.3. The Kier molecular flexibility index (Phi) is 3.31. The smallest absolute Gasteiger partial charge is 0.119 e. The molecule has 6 atom stereocenters. The molecule has 4 bridgehead atoms. The molecule has 3 fully saturated rings. The third-order valence-electron chi connectivity index (χ3n) is 6.84. The summed E-state index contributed by atoms with van der Waals surface area (Å²) in [6.45, 7) is 4.17. The number of hydrogen-bond acceptors (Lipinski definition) is 3. The fraction of sp³-hybridized carbons (Fsp3) is 0.600. The van der Waals surface area contributed by atoms with Gasteiger partial charge >= 0.3 is 0 Å². The normalized spacial score (nSPS) is 37.5. The van der Waals surface area contributed by atoms with E-state index in [4.69, 9.17) is 0 Å². The first kappa shape index (κ1) is 14.9. The maximum atomic E-state index is 11.0. The number of aliphatic hydroxyl groups is 2. The second-order valence-electron chi connectivity index (χ2n) is 7.96. The van der Waals surface area contributed by atoms with Crippen LogP contribution in [0, 0.1) is 11.8 Å². The van der Waals surface area contributed by atoms with Gasteiger partial charge in [0.25, 0.3) is 0 Å². The zero-order chi connectivity index (χ0) is 16.4. The van der Waals surface area contributed by atoms with Crippen molar-refractivity contribution >= 4 is 10.9 Å². The van der Waals surface area contributed by atoms with Gasteiger partial charge in [0.15, 0.2) is 0 Å². The van der Waals surface area contributed by atoms with Crippen molar-refractivity contribution in [1.29, 1.82) is 0 Å². The van der Waals surface area contributed by atoms with Crippen LogP contribution in [0.15, 0.2) is 24.3 Å². The average Bonchev–Trinajstić information content (AvgIpc) is 2.91. The lowest BCUT2D eigenvalue weighted by Crippen LogP contribution is -2.56. The number of nitrogens with zero attached hydrogens (tertiary/aromatic N) is 2. The molecule has 1 aromatic heterocycles. The molecule has 1 saturated carbocycles. The van der Waals surface area contributed by atoms with Crippen LogP contribution in [0.5, 0.6) is 0 Å². The van der Waals surface area contributed by atoms with Crippen molar-refractivity contribution in [3.63, 3.8) is 0 Å². The highest BCUT2D eigenvalue weighted by atomic mass is 16.3. The van der Waals surface area contributed by atoms with E-state index in [9.17, 15) is 10.2 Å². The zero-order valence-corrected chi connectivity index (χ0v) is 14.2. The first-order valence-corrected chi connectivity index (χ1v) is 9.36. The maximum Gasteiger partial charge on any atom is 0.119 e. The number of aliphatic hydroxyl groups excluding tert-OH is 2. The summed E-state index contributed by atoms with van der Waals surface area (Å²) < 4.78 is 2.06. The van der Waals surface area contributed by atoms with Crippen molar-refractivity contribution in [2.24, 2.45) is 11.8 Å². The molecular formula is C20H26N2O2. The number of fused-ring (bicyclic) bond motifs is 4. The average molecular weight is 326 g/mol. The molecule has 1 unspecified atom stereocenters. The Balaban J connectivity index is 1.78. The predicted octanol–water partition coefficient (Wildman–Crippen LogP) is 2.84. The second-order valence-corrected chi connectivity index (χ2v) is 7.96. The first-order valence-electron chi connectivity index (χ1n) is 9.36. The zero-order valence-electron chi connectivity index (χ0n) is 14.2. The van der Waals surface area contributed by atoms with Gasteiger partial charge in [0.1, 0.15) is 6.73 Å². The summed E-state index contributed by atoms with van der Waals surface area (Å²) in [5.74, 6) is 1.88. The summed E-state index contributed by atoms with van der Waals surface area (Å²) >= 11 is 0. The minimum Gasteiger partial charge on any atom is -0.387 e. The van der Waals surface area contributed by atoms with E-state index in [2.05, 4.69) is 28.5 Å². The van der Waals surface area contributed by atoms with Crippen LogP contribution in [0.25, 0.3) is 10.9 Å². The van der Waals surface area contributed by atoms with Crippen molar-refractivity contribution in [3.05, 3.63) is 35.5 Å². The van der Waals surface area contributed by atoms with Crippen LogP contribution in [0.2, 0.25) is 0 Å². The van der Waals surface area contributed by atoms with Gasteiger partial charge in [0, 0.05) is 41.7 Å². The molecule has 2 aromatic rings. The minimum atomic E-state index is -0.459. The van der Waals surface area contributed by atoms with E-state index in [1.54, 1.807) is 0 Å². The molecule has 128 valence electrons. The van der Waals surface area contributed by atoms with E-state index in [0.717, 1.165) is 35.5 Å². The minimum absolute atomic E-state index is 0.00670. The molecule has 0 amide bonds. The molecule has 1 aliphatic carbocycles. The van der Waals surface area contributed by atoms with E-state index in [-0.39, 0.29) is 6.73 Å². The molecule has 2 saturated heterocycles. The summed E-state index contributed by atoms with van der Waals surface area (Å²) in [6.07, 6.45) is 3.28. The highest BCUT2D eigenvalue weighted by molar-refractivity contribution is 5.86. The van der Waals surface area contributed by atoms with Gasteiger partial charge in [0.2, 0.25) is 0 Å². The van der Waals surface area contributed by atoms with E-state index >= 15 is 0 Å². The van der Waals surface area contributed by atoms with Gasteiger partial charge in [0.05, 0.1) is 11.6 Å². The monoisotopic (exact) mass is 326 g/mol. The van der Waals surface area contributed by atoms with Crippen LogP contribution in [0.3, 0.4) is 0 Å². The van der Waals surface area contributed by atoms with Gasteiger partial charge < -0.3 is 14.8 Å². The molecular weight excluding hydrogens is 300 g/mol. The fourth-order valence-corrected chi connectivity index (χ4v) is 6.09. The van der Waals surface area contributed by atoms with E-state index < -0.39 is 6.10 Å². The highest BCUT2D eigenvalue weighted by Crippen LogP contribution is 2.53. The summed E-state index contributed by atoms with van der Waals surface area (Å²) in [5.41, 5.74) is 3.35. The number of aromatic nitrogens is 1. The lowest BCUT2D eigenvalue weighted by molar-refractivity contribution is -0.0329. The molecule has 3 aliphatic heterocycles. The molecule has 24 heavy (non-hydrogen) atoms. The third kappa shape index (κ3) is 1.85. The van der Waals surface area contributed by atoms with Crippen LogP contribution in [0.4, 0.5) is 0 Å². The molecule has 4 aliphatic rings. The number of rotatable bonds is 2. The van der Waals surface area contributed by atoms with E-state index in [1.807, 2.05) is 12.1 Å². The molecule has 0 radical (unpaired) electrons. The van der Waals surface area contributed by atoms with E-state index in [1.165, 1.54) is 25.0 Å². The number of para-hydroxylation sites is 1. The van der Waals surface area contributed by atoms with Gasteiger partial charge in [-0.3, -0.25) is 4.90 Å². The standard InChI is InChI=1S/C20H26N2O2/c1-2-13-7-12-8-15-19(13)21(9-12)10-17(24)18-14-5-3-4-6-16(14)22(11-23)20(15)18/h3-6,12-13,15,17,19,23-24H,2,7-11H2,1H3/t12-,13+,15-,17?,19+/m1/s1. The van der Waals surface area contributed by atoms with Crippen LogP contribution >= 0.6 is 0 Å². The van der Waals surface area contributed by atoms with Crippen molar-refractivity contribution in [2.45, 2.75) is 51.0 Å². The maximum absolute atomic E-state index is 11.0. The van der Waals surface area contributed by atoms with Gasteiger partial charge in [-0.1, -0.05) is 31.5 Å². The molecule has 4 nitrogen and oxygen atoms in total. The van der Waals surface area contributed by atoms with Crippen molar-refractivity contribution < 1.29 is 10.2 Å². The Morgan fingerprint density at radius 3 is 2.79 bits per heavy atom. The number of piperidine rings is 2. The third-order valence-corrected chi connectivity index (χ3v) is 6.84. The Morgan fingerprint density at radius 2 is 2.00 bits per heavy atom. The van der Waals surface area contributed by atoms with Crippen molar-refractivity contribution in [2.75, 3.05) is 13.1 Å². The van der Waals surface area contributed by atoms with Crippen LogP contribution in [-0.4, -0.2) is 38.8 Å². The van der Waals surface area contributed by atoms with Crippen LogP contribution in [-0.2, 0) is 6.73 Å². The summed E-state index contributed by atoms with van der Waals surface area (Å²) in [6, 6.07) is 8.75. The summed E-state index contributed by atoms with van der Waals surface area (Å²) in [7, 11) is 0. The van der Waals surface area contributed by atoms with Crippen LogP contribution in [0.1, 0.15) is 49.5 Å². The van der Waals surface area contributed by atoms with Crippen LogP contribution < -0.4 is 0 Å². The number of hydrogen-bond donors (Lipinski definition) is 2. The molecule has 6 rings (SSSR count). The van der Waals surface area contributed by atoms with E-state index in [0.29, 0.717) is 17.9 Å². The molecule has 1 aromatic carbocycles. The van der Waals surface area contributed by atoms with Crippen molar-refractivity contribution in [3.8, 4) is 0 Å². The van der Waals surface area contributed by atoms with Gasteiger partial charge in [-0.05, 0) is 30.7 Å². The first-order chi connectivity index (χ1) is 11.7. The Bertz CT molecular complexity index is 783. The summed E-state index contributed by atoms with van der Waals surface area (Å²) in [4.78, 5) is 2.55. The Labute approximate surface area is 142 Å². The molecule has 4 heterocycles. The SMILES string of the molecule is CC[C@H]1C[C@@H]2C[C@H]3c4c(c5ccccc5n4CO)C(O)C[N@@](C2)[C@@H]13. The molecule has 4 heteroatoms. The predicted molar refractivity (Wildman–Crippen MR) is 93.7 cm³/mol. The topological polar surface area (TPSA) is 48.6 Å². The Morgan fingerprint density at radius 1 is 1.17 bits per heavy atom. The largest absolute Gasteiger partial charge is 0.387 e. The second kappa shape index (κ2) is 5.32. The highest BCUT2D eigenvalue weighted by Gasteiger charge is 2.50. The number of benzene rings is 1. The molecule has 2 N–H and O–H groups in total. The Hall–Kier alpha value is -1.36.